The third-order valence-electron chi connectivity index (χ3n) is 3.70. The molecule has 1 fully saturated rings. The molecule has 1 aliphatic rings. The van der Waals surface area contributed by atoms with E-state index >= 15 is 0 Å². The van der Waals surface area contributed by atoms with Crippen LogP contribution in [-0.4, -0.2) is 34.1 Å². The second-order valence-corrected chi connectivity index (χ2v) is 5.54. The van der Waals surface area contributed by atoms with Crippen molar-refractivity contribution in [2.45, 2.75) is 18.9 Å². The molecule has 25 heavy (non-hydrogen) atoms. The van der Waals surface area contributed by atoms with Crippen molar-refractivity contribution in [3.05, 3.63) is 40.2 Å². The molecule has 4 N–H and O–H groups in total. The minimum Gasteiger partial charge on any atom is -0.378 e. The van der Waals surface area contributed by atoms with Gasteiger partial charge in [0.25, 0.3) is 0 Å². The SMILES string of the molecule is Nc1nc(Nc2cccc(F)c2)nc(NC[C@@H]2CCCO2)c1[N+](=O)[O-]. The number of nitrogens with zero attached hydrogens (tertiary/aromatic N) is 3. The van der Waals surface area contributed by atoms with Crippen LogP contribution in [0.25, 0.3) is 0 Å². The smallest absolute Gasteiger partial charge is 0.353 e. The van der Waals surface area contributed by atoms with E-state index in [1.165, 1.54) is 18.2 Å². The summed E-state index contributed by atoms with van der Waals surface area (Å²) in [6, 6.07) is 5.68. The molecular formula is C15H17FN6O3. The third kappa shape index (κ3) is 4.10. The number of aromatic nitrogens is 2. The second-order valence-electron chi connectivity index (χ2n) is 5.54. The minimum atomic E-state index is -0.640. The Morgan fingerprint density at radius 3 is 2.96 bits per heavy atom. The molecule has 0 aliphatic carbocycles. The van der Waals surface area contributed by atoms with Crippen LogP contribution in [-0.2, 0) is 4.74 Å². The first-order valence-corrected chi connectivity index (χ1v) is 7.73. The Morgan fingerprint density at radius 1 is 1.44 bits per heavy atom. The zero-order valence-corrected chi connectivity index (χ0v) is 13.2. The lowest BCUT2D eigenvalue weighted by Crippen LogP contribution is -2.20. The molecule has 0 amide bonds. The summed E-state index contributed by atoms with van der Waals surface area (Å²) in [4.78, 5) is 18.6. The Kier molecular flexibility index (Phi) is 4.89. The molecule has 10 heteroatoms. The van der Waals surface area contributed by atoms with Gasteiger partial charge in [-0.25, -0.2) is 4.39 Å². The van der Waals surface area contributed by atoms with Crippen LogP contribution in [0.1, 0.15) is 12.8 Å². The molecule has 3 rings (SSSR count). The van der Waals surface area contributed by atoms with Crippen LogP contribution in [0.3, 0.4) is 0 Å². The van der Waals surface area contributed by atoms with Crippen LogP contribution in [0.15, 0.2) is 24.3 Å². The predicted molar refractivity (Wildman–Crippen MR) is 90.2 cm³/mol. The number of ether oxygens (including phenoxy) is 1. The average molecular weight is 348 g/mol. The van der Waals surface area contributed by atoms with Crippen molar-refractivity contribution in [1.82, 2.24) is 9.97 Å². The summed E-state index contributed by atoms with van der Waals surface area (Å²) >= 11 is 0. The first-order chi connectivity index (χ1) is 12.0. The second kappa shape index (κ2) is 7.26. The zero-order chi connectivity index (χ0) is 17.8. The maximum absolute atomic E-state index is 13.3. The fourth-order valence-electron chi connectivity index (χ4n) is 2.54. The first-order valence-electron chi connectivity index (χ1n) is 7.73. The van der Waals surface area contributed by atoms with Gasteiger partial charge in [0.1, 0.15) is 5.82 Å². The average Bonchev–Trinajstić information content (AvgIpc) is 3.05. The van der Waals surface area contributed by atoms with Crippen molar-refractivity contribution in [3.63, 3.8) is 0 Å². The van der Waals surface area contributed by atoms with E-state index in [1.807, 2.05) is 0 Å². The van der Waals surface area contributed by atoms with E-state index < -0.39 is 16.4 Å². The van der Waals surface area contributed by atoms with Gasteiger partial charge in [-0.05, 0) is 31.0 Å². The summed E-state index contributed by atoms with van der Waals surface area (Å²) in [7, 11) is 0. The molecule has 0 radical (unpaired) electrons. The Balaban J connectivity index is 1.85. The number of nitrogens with two attached hydrogens (primary N) is 1. The Hall–Kier alpha value is -3.01. The van der Waals surface area contributed by atoms with E-state index in [2.05, 4.69) is 20.6 Å². The Bertz CT molecular complexity index is 782. The highest BCUT2D eigenvalue weighted by Crippen LogP contribution is 2.30. The molecule has 0 saturated carbocycles. The monoisotopic (exact) mass is 348 g/mol. The highest BCUT2D eigenvalue weighted by molar-refractivity contribution is 5.71. The molecule has 1 aromatic heterocycles. The zero-order valence-electron chi connectivity index (χ0n) is 13.2. The van der Waals surface area contributed by atoms with Gasteiger partial charge < -0.3 is 21.1 Å². The highest BCUT2D eigenvalue weighted by atomic mass is 19.1. The van der Waals surface area contributed by atoms with Gasteiger partial charge in [0.15, 0.2) is 0 Å². The van der Waals surface area contributed by atoms with Gasteiger partial charge in [-0.3, -0.25) is 10.1 Å². The van der Waals surface area contributed by atoms with E-state index in [9.17, 15) is 14.5 Å². The van der Waals surface area contributed by atoms with Gasteiger partial charge >= 0.3 is 5.69 Å². The maximum Gasteiger partial charge on any atom is 0.353 e. The van der Waals surface area contributed by atoms with E-state index in [4.69, 9.17) is 10.5 Å². The quantitative estimate of drug-likeness (QED) is 0.536. The molecular weight excluding hydrogens is 331 g/mol. The lowest BCUT2D eigenvalue weighted by molar-refractivity contribution is -0.383. The van der Waals surface area contributed by atoms with E-state index in [1.54, 1.807) is 6.07 Å². The number of rotatable bonds is 6. The maximum atomic E-state index is 13.3. The molecule has 0 bridgehead atoms. The molecule has 0 unspecified atom stereocenters. The lowest BCUT2D eigenvalue weighted by Gasteiger charge is -2.13. The molecule has 1 aromatic carbocycles. The predicted octanol–water partition coefficient (Wildman–Crippen LogP) is 2.44. The van der Waals surface area contributed by atoms with Crippen molar-refractivity contribution in [2.75, 3.05) is 29.5 Å². The summed E-state index contributed by atoms with van der Waals surface area (Å²) in [5.74, 6) is -0.694. The molecule has 1 atom stereocenters. The fraction of sp³-hybridized carbons (Fsp3) is 0.333. The van der Waals surface area contributed by atoms with Crippen LogP contribution in [0, 0.1) is 15.9 Å². The van der Waals surface area contributed by atoms with Crippen LogP contribution < -0.4 is 16.4 Å². The number of nitrogen functional groups attached to an aromatic ring is 1. The largest absolute Gasteiger partial charge is 0.378 e. The van der Waals surface area contributed by atoms with E-state index in [0.717, 1.165) is 12.8 Å². The summed E-state index contributed by atoms with van der Waals surface area (Å²) < 4.78 is 18.8. The first kappa shape index (κ1) is 16.8. The Labute approximate surface area is 142 Å². The summed E-state index contributed by atoms with van der Waals surface area (Å²) in [5.41, 5.74) is 5.71. The normalized spacial score (nSPS) is 16.6. The topological polar surface area (TPSA) is 128 Å². The number of hydrogen-bond acceptors (Lipinski definition) is 8. The number of benzene rings is 1. The molecule has 2 aromatic rings. The van der Waals surface area contributed by atoms with Crippen molar-refractivity contribution < 1.29 is 14.1 Å². The van der Waals surface area contributed by atoms with Crippen LogP contribution in [0.4, 0.5) is 33.3 Å². The van der Waals surface area contributed by atoms with Gasteiger partial charge in [0, 0.05) is 18.8 Å². The van der Waals surface area contributed by atoms with Gasteiger partial charge in [0.05, 0.1) is 11.0 Å². The standard InChI is InChI=1S/C15H17FN6O3/c16-9-3-1-4-10(7-9)19-15-20-13(17)12(22(23)24)14(21-15)18-8-11-5-2-6-25-11/h1,3-4,7,11H,2,5-6,8H2,(H4,17,18,19,20,21)/t11-/m0/s1. The molecule has 0 spiro atoms. The van der Waals surface area contributed by atoms with E-state index in [-0.39, 0.29) is 23.7 Å². The fourth-order valence-corrected chi connectivity index (χ4v) is 2.54. The van der Waals surface area contributed by atoms with Gasteiger partial charge in [0.2, 0.25) is 17.6 Å². The van der Waals surface area contributed by atoms with Crippen molar-refractivity contribution in [3.8, 4) is 0 Å². The third-order valence-corrected chi connectivity index (χ3v) is 3.70. The van der Waals surface area contributed by atoms with Crippen LogP contribution >= 0.6 is 0 Å². The van der Waals surface area contributed by atoms with Crippen LogP contribution in [0.2, 0.25) is 0 Å². The van der Waals surface area contributed by atoms with Crippen molar-refractivity contribution in [2.24, 2.45) is 0 Å². The molecule has 1 aliphatic heterocycles. The Morgan fingerprint density at radius 2 is 2.28 bits per heavy atom. The molecule has 1 saturated heterocycles. The summed E-state index contributed by atoms with van der Waals surface area (Å²) in [5, 5.41) is 16.9. The van der Waals surface area contributed by atoms with Gasteiger partial charge in [-0.1, -0.05) is 6.07 Å². The van der Waals surface area contributed by atoms with E-state index in [0.29, 0.717) is 18.8 Å². The van der Waals surface area contributed by atoms with Crippen molar-refractivity contribution >= 4 is 29.0 Å². The number of nitro groups is 1. The van der Waals surface area contributed by atoms with Crippen molar-refractivity contribution in [1.29, 1.82) is 0 Å². The highest BCUT2D eigenvalue weighted by Gasteiger charge is 2.24. The van der Waals surface area contributed by atoms with Crippen LogP contribution in [0.5, 0.6) is 0 Å². The molecule has 132 valence electrons. The number of nitrogens with one attached hydrogen (secondary N) is 2. The lowest BCUT2D eigenvalue weighted by atomic mass is 10.2. The molecule has 2 heterocycles. The number of halogens is 1. The van der Waals surface area contributed by atoms with Gasteiger partial charge in [-0.15, -0.1) is 0 Å². The summed E-state index contributed by atoms with van der Waals surface area (Å²) in [6.45, 7) is 1.05. The molecule has 9 nitrogen and oxygen atoms in total. The summed E-state index contributed by atoms with van der Waals surface area (Å²) in [6.07, 6.45) is 1.79. The minimum absolute atomic E-state index is 0.00750. The van der Waals surface area contributed by atoms with Gasteiger partial charge in [-0.2, -0.15) is 9.97 Å². The number of hydrogen-bond donors (Lipinski definition) is 3. The number of anilines is 4.